The summed E-state index contributed by atoms with van der Waals surface area (Å²) in [6.07, 6.45) is 0. The molecule has 1 amide bonds. The van der Waals surface area contributed by atoms with E-state index < -0.39 is 22.5 Å². The van der Waals surface area contributed by atoms with Gasteiger partial charge in [0.2, 0.25) is 15.9 Å². The second kappa shape index (κ2) is 9.75. The number of hydrogen-bond acceptors (Lipinski definition) is 4. The predicted molar refractivity (Wildman–Crippen MR) is 120 cm³/mol. The first-order valence-electron chi connectivity index (χ1n) is 9.39. The highest BCUT2D eigenvalue weighted by atomic mass is 35.5. The number of rotatable bonds is 7. The van der Waals surface area contributed by atoms with Gasteiger partial charge in [0.1, 0.15) is 0 Å². The quantitative estimate of drug-likeness (QED) is 0.575. The van der Waals surface area contributed by atoms with Crippen molar-refractivity contribution >= 4 is 33.2 Å². The van der Waals surface area contributed by atoms with Gasteiger partial charge in [-0.3, -0.25) is 4.79 Å². The summed E-state index contributed by atoms with van der Waals surface area (Å²) < 4.78 is 27.7. The molecule has 3 rings (SSSR count). The molecule has 0 saturated heterocycles. The molecule has 0 unspecified atom stereocenters. The standard InChI is InChI=1S/C23H20ClN3O3S/c1-17-8-10-22(11-9-17)31(29,30)27(15-19-5-2-6-20(24)12-19)16-23(28)26-21-7-3-4-18(13-21)14-25/h2-13H,15-16H2,1H3,(H,26,28). The SMILES string of the molecule is Cc1ccc(S(=O)(=O)N(CC(=O)Nc2cccc(C#N)c2)Cc2cccc(Cl)c2)cc1. The summed E-state index contributed by atoms with van der Waals surface area (Å²) in [4.78, 5) is 12.8. The lowest BCUT2D eigenvalue weighted by molar-refractivity contribution is -0.116. The van der Waals surface area contributed by atoms with E-state index in [9.17, 15) is 13.2 Å². The molecule has 0 spiro atoms. The van der Waals surface area contributed by atoms with Crippen LogP contribution in [0.25, 0.3) is 0 Å². The normalized spacial score (nSPS) is 11.2. The summed E-state index contributed by atoms with van der Waals surface area (Å²) in [6, 6.07) is 21.7. The van der Waals surface area contributed by atoms with Crippen molar-refractivity contribution in [1.29, 1.82) is 5.26 Å². The number of hydrogen-bond donors (Lipinski definition) is 1. The molecule has 0 atom stereocenters. The molecule has 0 radical (unpaired) electrons. The number of carbonyl (C=O) groups is 1. The Kier molecular flexibility index (Phi) is 7.08. The largest absolute Gasteiger partial charge is 0.325 e. The highest BCUT2D eigenvalue weighted by Gasteiger charge is 2.27. The number of nitrogens with one attached hydrogen (secondary N) is 1. The van der Waals surface area contributed by atoms with E-state index in [1.165, 1.54) is 18.2 Å². The summed E-state index contributed by atoms with van der Waals surface area (Å²) in [6.45, 7) is 1.44. The van der Waals surface area contributed by atoms with Crippen molar-refractivity contribution < 1.29 is 13.2 Å². The molecule has 158 valence electrons. The van der Waals surface area contributed by atoms with Gasteiger partial charge in [0, 0.05) is 17.3 Å². The van der Waals surface area contributed by atoms with Crippen LogP contribution in [0.15, 0.2) is 77.7 Å². The first-order valence-corrected chi connectivity index (χ1v) is 11.2. The fourth-order valence-electron chi connectivity index (χ4n) is 2.95. The fourth-order valence-corrected chi connectivity index (χ4v) is 4.55. The van der Waals surface area contributed by atoms with Gasteiger partial charge in [-0.2, -0.15) is 9.57 Å². The van der Waals surface area contributed by atoms with E-state index in [1.807, 2.05) is 13.0 Å². The van der Waals surface area contributed by atoms with E-state index in [2.05, 4.69) is 5.32 Å². The Balaban J connectivity index is 1.88. The van der Waals surface area contributed by atoms with E-state index in [1.54, 1.807) is 54.6 Å². The summed E-state index contributed by atoms with van der Waals surface area (Å²) in [5, 5.41) is 12.1. The molecular weight excluding hydrogens is 434 g/mol. The second-order valence-corrected chi connectivity index (χ2v) is 9.33. The Morgan fingerprint density at radius 2 is 1.77 bits per heavy atom. The van der Waals surface area contributed by atoms with Crippen LogP contribution in [-0.2, 0) is 21.4 Å². The topological polar surface area (TPSA) is 90.3 Å². The third-order valence-corrected chi connectivity index (χ3v) is 6.54. The zero-order valence-electron chi connectivity index (χ0n) is 16.7. The monoisotopic (exact) mass is 453 g/mol. The van der Waals surface area contributed by atoms with E-state index in [4.69, 9.17) is 16.9 Å². The molecule has 0 aliphatic rings. The van der Waals surface area contributed by atoms with Gasteiger partial charge >= 0.3 is 0 Å². The molecule has 3 aromatic rings. The number of anilines is 1. The molecule has 0 fully saturated rings. The molecule has 6 nitrogen and oxygen atoms in total. The minimum absolute atomic E-state index is 0.0254. The van der Waals surface area contributed by atoms with Crippen LogP contribution in [0.1, 0.15) is 16.7 Å². The van der Waals surface area contributed by atoms with Crippen LogP contribution in [0.5, 0.6) is 0 Å². The van der Waals surface area contributed by atoms with Crippen LogP contribution >= 0.6 is 11.6 Å². The minimum atomic E-state index is -3.95. The van der Waals surface area contributed by atoms with Crippen LogP contribution in [0.4, 0.5) is 5.69 Å². The highest BCUT2D eigenvalue weighted by Crippen LogP contribution is 2.21. The molecule has 3 aromatic carbocycles. The third-order valence-electron chi connectivity index (χ3n) is 4.50. The molecule has 0 heterocycles. The first kappa shape index (κ1) is 22.5. The number of halogens is 1. The van der Waals surface area contributed by atoms with Crippen molar-refractivity contribution in [3.05, 3.63) is 94.5 Å². The summed E-state index contributed by atoms with van der Waals surface area (Å²) in [5.74, 6) is -0.521. The van der Waals surface area contributed by atoms with E-state index in [0.29, 0.717) is 21.8 Å². The van der Waals surface area contributed by atoms with Crippen molar-refractivity contribution in [2.24, 2.45) is 0 Å². The van der Waals surface area contributed by atoms with Gasteiger partial charge < -0.3 is 5.32 Å². The highest BCUT2D eigenvalue weighted by molar-refractivity contribution is 7.89. The van der Waals surface area contributed by atoms with Gasteiger partial charge in [0.15, 0.2) is 0 Å². The molecule has 0 bridgehead atoms. The number of aryl methyl sites for hydroxylation is 1. The van der Waals surface area contributed by atoms with Crippen LogP contribution in [0, 0.1) is 18.3 Å². The van der Waals surface area contributed by atoms with Gasteiger partial charge in [0.05, 0.1) is 23.1 Å². The Morgan fingerprint density at radius 1 is 1.06 bits per heavy atom. The molecule has 0 aromatic heterocycles. The van der Waals surface area contributed by atoms with E-state index >= 15 is 0 Å². The maximum absolute atomic E-state index is 13.3. The Morgan fingerprint density at radius 3 is 2.45 bits per heavy atom. The Labute approximate surface area is 186 Å². The lowest BCUT2D eigenvalue weighted by Crippen LogP contribution is -2.37. The van der Waals surface area contributed by atoms with Crippen LogP contribution in [-0.4, -0.2) is 25.2 Å². The van der Waals surface area contributed by atoms with Crippen molar-refractivity contribution in [3.8, 4) is 6.07 Å². The summed E-state index contributed by atoms with van der Waals surface area (Å²) in [5.41, 5.74) is 2.39. The maximum Gasteiger partial charge on any atom is 0.243 e. The molecule has 0 aliphatic carbocycles. The smallest absolute Gasteiger partial charge is 0.243 e. The zero-order chi connectivity index (χ0) is 22.4. The predicted octanol–water partition coefficient (Wildman–Crippen LogP) is 4.35. The number of amides is 1. The van der Waals surface area contributed by atoms with Crippen LogP contribution < -0.4 is 5.32 Å². The number of nitrogens with zero attached hydrogens (tertiary/aromatic N) is 2. The number of nitriles is 1. The van der Waals surface area contributed by atoms with Gasteiger partial charge in [-0.05, 0) is 55.0 Å². The van der Waals surface area contributed by atoms with E-state index in [-0.39, 0.29) is 11.4 Å². The first-order chi connectivity index (χ1) is 14.8. The molecule has 31 heavy (non-hydrogen) atoms. The molecule has 0 aliphatic heterocycles. The van der Waals surface area contributed by atoms with Crippen LogP contribution in [0.3, 0.4) is 0 Å². The molecule has 1 N–H and O–H groups in total. The van der Waals surface area contributed by atoms with Gasteiger partial charge in [-0.15, -0.1) is 0 Å². The van der Waals surface area contributed by atoms with E-state index in [0.717, 1.165) is 9.87 Å². The molecular formula is C23H20ClN3O3S. The minimum Gasteiger partial charge on any atom is -0.325 e. The fraction of sp³-hybridized carbons (Fsp3) is 0.130. The average Bonchev–Trinajstić information content (AvgIpc) is 2.73. The van der Waals surface area contributed by atoms with Crippen molar-refractivity contribution in [1.82, 2.24) is 4.31 Å². The van der Waals surface area contributed by atoms with Crippen molar-refractivity contribution in [2.75, 3.05) is 11.9 Å². The van der Waals surface area contributed by atoms with Crippen molar-refractivity contribution in [2.45, 2.75) is 18.4 Å². The van der Waals surface area contributed by atoms with Crippen LogP contribution in [0.2, 0.25) is 5.02 Å². The molecule has 0 saturated carbocycles. The van der Waals surface area contributed by atoms with Gasteiger partial charge in [-0.1, -0.05) is 47.5 Å². The zero-order valence-corrected chi connectivity index (χ0v) is 18.3. The summed E-state index contributed by atoms with van der Waals surface area (Å²) in [7, 11) is -3.95. The van der Waals surface area contributed by atoms with Gasteiger partial charge in [0.25, 0.3) is 0 Å². The van der Waals surface area contributed by atoms with Crippen molar-refractivity contribution in [3.63, 3.8) is 0 Å². The number of sulfonamides is 1. The average molecular weight is 454 g/mol. The molecule has 8 heteroatoms. The second-order valence-electron chi connectivity index (χ2n) is 6.96. The number of carbonyl (C=O) groups excluding carboxylic acids is 1. The third kappa shape index (κ3) is 5.92. The maximum atomic E-state index is 13.3. The lowest BCUT2D eigenvalue weighted by Gasteiger charge is -2.22. The van der Waals surface area contributed by atoms with Gasteiger partial charge in [-0.25, -0.2) is 8.42 Å². The summed E-state index contributed by atoms with van der Waals surface area (Å²) >= 11 is 6.05. The Hall–Kier alpha value is -3.18. The lowest BCUT2D eigenvalue weighted by atomic mass is 10.2. The number of benzene rings is 3. The Bertz CT molecular complexity index is 1240.